The highest BCUT2D eigenvalue weighted by molar-refractivity contribution is 5.94. The summed E-state index contributed by atoms with van der Waals surface area (Å²) in [5.74, 6) is -1.53. The molecular weight excluding hydrogens is 302 g/mol. The lowest BCUT2D eigenvalue weighted by molar-refractivity contribution is 0.0713. The second kappa shape index (κ2) is 6.04. The monoisotopic (exact) mass is 318 g/mol. The Bertz CT molecular complexity index is 734. The number of hydrogen-bond donors (Lipinski definition) is 1. The molecule has 1 aliphatic rings. The van der Waals surface area contributed by atoms with Crippen molar-refractivity contribution in [1.29, 1.82) is 0 Å². The number of aryl methyl sites for hydroxylation is 1. The molecule has 0 radical (unpaired) electrons. The minimum absolute atomic E-state index is 0.0767. The van der Waals surface area contributed by atoms with Crippen LogP contribution in [0.15, 0.2) is 36.5 Å². The maximum Gasteiger partial charge on any atom is 0.256 e. The van der Waals surface area contributed by atoms with Crippen molar-refractivity contribution in [2.24, 2.45) is 0 Å². The number of carbonyl (C=O) groups excluding carboxylic acids is 1. The Labute approximate surface area is 132 Å². The van der Waals surface area contributed by atoms with Gasteiger partial charge in [0.15, 0.2) is 0 Å². The van der Waals surface area contributed by atoms with Crippen LogP contribution in [0.25, 0.3) is 0 Å². The van der Waals surface area contributed by atoms with Gasteiger partial charge in [-0.15, -0.1) is 0 Å². The van der Waals surface area contributed by atoms with Gasteiger partial charge in [0.1, 0.15) is 11.6 Å². The van der Waals surface area contributed by atoms with E-state index in [9.17, 15) is 18.7 Å². The van der Waals surface area contributed by atoms with Gasteiger partial charge in [0.25, 0.3) is 5.91 Å². The maximum absolute atomic E-state index is 14.0. The number of pyridine rings is 1. The highest BCUT2D eigenvalue weighted by Gasteiger charge is 2.37. The minimum atomic E-state index is -0.773. The number of halogens is 2. The maximum atomic E-state index is 14.0. The third-order valence-electron chi connectivity index (χ3n) is 4.02. The van der Waals surface area contributed by atoms with E-state index in [1.807, 2.05) is 0 Å². The number of amides is 1. The Morgan fingerprint density at radius 1 is 1.30 bits per heavy atom. The number of rotatable bonds is 2. The van der Waals surface area contributed by atoms with Crippen LogP contribution >= 0.6 is 0 Å². The molecule has 0 unspecified atom stereocenters. The number of aliphatic hydroxyl groups excluding tert-OH is 1. The Kier molecular flexibility index (Phi) is 4.09. The van der Waals surface area contributed by atoms with Crippen molar-refractivity contribution >= 4 is 5.91 Å². The summed E-state index contributed by atoms with van der Waals surface area (Å²) in [6.45, 7) is 1.88. The van der Waals surface area contributed by atoms with Crippen molar-refractivity contribution < 1.29 is 18.7 Å². The van der Waals surface area contributed by atoms with Gasteiger partial charge in [-0.3, -0.25) is 9.78 Å². The zero-order valence-corrected chi connectivity index (χ0v) is 12.5. The fourth-order valence-electron chi connectivity index (χ4n) is 2.86. The Hall–Kier alpha value is -2.34. The molecule has 2 atom stereocenters. The van der Waals surface area contributed by atoms with Crippen LogP contribution in [0.1, 0.15) is 34.1 Å². The molecule has 23 heavy (non-hydrogen) atoms. The zero-order valence-electron chi connectivity index (χ0n) is 12.5. The van der Waals surface area contributed by atoms with E-state index < -0.39 is 23.8 Å². The molecule has 0 aliphatic carbocycles. The number of carbonyl (C=O) groups is 1. The van der Waals surface area contributed by atoms with E-state index in [4.69, 9.17) is 0 Å². The van der Waals surface area contributed by atoms with Gasteiger partial charge in [0, 0.05) is 24.0 Å². The first kappa shape index (κ1) is 15.6. The summed E-state index contributed by atoms with van der Waals surface area (Å²) in [6, 6.07) is 5.78. The van der Waals surface area contributed by atoms with Crippen molar-refractivity contribution in [3.05, 3.63) is 65.0 Å². The van der Waals surface area contributed by atoms with E-state index in [2.05, 4.69) is 4.98 Å². The van der Waals surface area contributed by atoms with Crippen molar-refractivity contribution in [2.75, 3.05) is 6.54 Å². The third kappa shape index (κ3) is 3.07. The van der Waals surface area contributed by atoms with Crippen LogP contribution in [0, 0.1) is 18.6 Å². The standard InChI is InChI=1S/C17H16F2N2O2/c1-10-2-3-11(8-20-10)17(23)21-9-13(22)7-16(21)14-6-12(18)4-5-15(14)19/h2-6,8,13,16,22H,7,9H2,1H3/t13-,16-/m1/s1. The van der Waals surface area contributed by atoms with Crippen LogP contribution < -0.4 is 0 Å². The topological polar surface area (TPSA) is 53.4 Å². The average molecular weight is 318 g/mol. The minimum Gasteiger partial charge on any atom is -0.391 e. The SMILES string of the molecule is Cc1ccc(C(=O)N2C[C@H](O)C[C@@H]2c2cc(F)ccc2F)cn1. The Balaban J connectivity index is 1.95. The number of nitrogens with zero attached hydrogens (tertiary/aromatic N) is 2. The second-order valence-corrected chi connectivity index (χ2v) is 5.72. The van der Waals surface area contributed by atoms with E-state index in [1.165, 1.54) is 11.1 Å². The fraction of sp³-hybridized carbons (Fsp3) is 0.294. The zero-order chi connectivity index (χ0) is 16.6. The van der Waals surface area contributed by atoms with Gasteiger partial charge in [-0.2, -0.15) is 0 Å². The van der Waals surface area contributed by atoms with Crippen LogP contribution in [-0.2, 0) is 0 Å². The molecule has 2 heterocycles. The summed E-state index contributed by atoms with van der Waals surface area (Å²) in [5.41, 5.74) is 1.21. The lowest BCUT2D eigenvalue weighted by Gasteiger charge is -2.25. The first-order chi connectivity index (χ1) is 11.0. The van der Waals surface area contributed by atoms with Gasteiger partial charge in [-0.25, -0.2) is 8.78 Å². The number of aliphatic hydroxyl groups is 1. The summed E-state index contributed by atoms with van der Waals surface area (Å²) in [7, 11) is 0. The summed E-state index contributed by atoms with van der Waals surface area (Å²) in [5, 5.41) is 9.91. The highest BCUT2D eigenvalue weighted by atomic mass is 19.1. The van der Waals surface area contributed by atoms with Crippen molar-refractivity contribution in [1.82, 2.24) is 9.88 Å². The number of likely N-dealkylation sites (tertiary alicyclic amines) is 1. The summed E-state index contributed by atoms with van der Waals surface area (Å²) in [6.07, 6.45) is 0.845. The Morgan fingerprint density at radius 2 is 2.09 bits per heavy atom. The second-order valence-electron chi connectivity index (χ2n) is 5.72. The number of hydrogen-bond acceptors (Lipinski definition) is 3. The number of aromatic nitrogens is 1. The first-order valence-corrected chi connectivity index (χ1v) is 7.32. The van der Waals surface area contributed by atoms with E-state index >= 15 is 0 Å². The smallest absolute Gasteiger partial charge is 0.256 e. The quantitative estimate of drug-likeness (QED) is 0.926. The van der Waals surface area contributed by atoms with Crippen LogP contribution in [0.5, 0.6) is 0 Å². The van der Waals surface area contributed by atoms with Crippen LogP contribution in [0.2, 0.25) is 0 Å². The van der Waals surface area contributed by atoms with Crippen LogP contribution in [-0.4, -0.2) is 33.5 Å². The van der Waals surface area contributed by atoms with Gasteiger partial charge >= 0.3 is 0 Å². The third-order valence-corrected chi connectivity index (χ3v) is 4.02. The molecule has 1 fully saturated rings. The molecule has 1 saturated heterocycles. The average Bonchev–Trinajstić information content (AvgIpc) is 2.91. The van der Waals surface area contributed by atoms with E-state index in [0.29, 0.717) is 5.56 Å². The Morgan fingerprint density at radius 3 is 2.78 bits per heavy atom. The molecule has 1 N–H and O–H groups in total. The molecule has 0 saturated carbocycles. The largest absolute Gasteiger partial charge is 0.391 e. The normalized spacial score (nSPS) is 20.8. The number of benzene rings is 1. The van der Waals surface area contributed by atoms with E-state index in [0.717, 1.165) is 23.9 Å². The molecule has 4 nitrogen and oxygen atoms in total. The molecule has 2 aromatic rings. The van der Waals surface area contributed by atoms with Crippen LogP contribution in [0.3, 0.4) is 0 Å². The molecule has 1 amide bonds. The summed E-state index contributed by atoms with van der Waals surface area (Å²) < 4.78 is 27.5. The molecule has 3 rings (SSSR count). The van der Waals surface area contributed by atoms with Gasteiger partial charge in [-0.05, 0) is 43.7 Å². The summed E-state index contributed by atoms with van der Waals surface area (Å²) >= 11 is 0. The van der Waals surface area contributed by atoms with Crippen molar-refractivity contribution in [3.8, 4) is 0 Å². The predicted octanol–water partition coefficient (Wildman–Crippen LogP) is 2.62. The molecule has 1 aromatic heterocycles. The first-order valence-electron chi connectivity index (χ1n) is 7.32. The molecule has 1 aliphatic heterocycles. The predicted molar refractivity (Wildman–Crippen MR) is 79.7 cm³/mol. The lowest BCUT2D eigenvalue weighted by Crippen LogP contribution is -2.32. The van der Waals surface area contributed by atoms with Crippen LogP contribution in [0.4, 0.5) is 8.78 Å². The lowest BCUT2D eigenvalue weighted by atomic mass is 10.0. The van der Waals surface area contributed by atoms with Gasteiger partial charge in [0.2, 0.25) is 0 Å². The van der Waals surface area contributed by atoms with E-state index in [-0.39, 0.29) is 24.4 Å². The molecule has 6 heteroatoms. The van der Waals surface area contributed by atoms with Crippen molar-refractivity contribution in [2.45, 2.75) is 25.5 Å². The van der Waals surface area contributed by atoms with Gasteiger partial charge in [-0.1, -0.05) is 0 Å². The fourth-order valence-corrected chi connectivity index (χ4v) is 2.86. The molecule has 1 aromatic carbocycles. The van der Waals surface area contributed by atoms with Gasteiger partial charge < -0.3 is 10.0 Å². The van der Waals surface area contributed by atoms with Gasteiger partial charge in [0.05, 0.1) is 17.7 Å². The van der Waals surface area contributed by atoms with Crippen molar-refractivity contribution in [3.63, 3.8) is 0 Å². The number of β-amino-alcohol motifs (C(OH)–C–C–N with tert-alkyl or cyclic N) is 1. The highest BCUT2D eigenvalue weighted by Crippen LogP contribution is 2.35. The molecule has 0 bridgehead atoms. The molecular formula is C17H16F2N2O2. The molecule has 0 spiro atoms. The summed E-state index contributed by atoms with van der Waals surface area (Å²) in [4.78, 5) is 18.1. The van der Waals surface area contributed by atoms with E-state index in [1.54, 1.807) is 19.1 Å². The molecule has 120 valence electrons.